The second kappa shape index (κ2) is 5.95. The molecule has 2 bridgehead atoms. The Balaban J connectivity index is 1.82. The number of piperidine rings is 1. The van der Waals surface area contributed by atoms with Gasteiger partial charge in [0.2, 0.25) is 0 Å². The monoisotopic (exact) mass is 276 g/mol. The standard InChI is InChI=1S/C15H24N4O/c1-3-16-13-8-15(18-14(17-13)10-20-4-2)19-9-11-5-6-12(19)7-11/h8,11-12H,3-7,9-10H2,1-2H3,(H,16,17,18). The molecule has 5 heteroatoms. The van der Waals surface area contributed by atoms with Gasteiger partial charge in [-0.15, -0.1) is 0 Å². The molecule has 0 radical (unpaired) electrons. The third-order valence-electron chi connectivity index (χ3n) is 4.26. The van der Waals surface area contributed by atoms with Gasteiger partial charge >= 0.3 is 0 Å². The van der Waals surface area contributed by atoms with Crippen molar-refractivity contribution in [2.45, 2.75) is 45.8 Å². The SMILES string of the molecule is CCNc1cc(N2CC3CCC2C3)nc(COCC)n1. The fraction of sp³-hybridized carbons (Fsp3) is 0.733. The minimum Gasteiger partial charge on any atom is -0.374 e. The largest absolute Gasteiger partial charge is 0.374 e. The quantitative estimate of drug-likeness (QED) is 0.865. The van der Waals surface area contributed by atoms with E-state index in [9.17, 15) is 0 Å². The molecule has 5 nitrogen and oxygen atoms in total. The summed E-state index contributed by atoms with van der Waals surface area (Å²) in [7, 11) is 0. The van der Waals surface area contributed by atoms with Gasteiger partial charge in [-0.1, -0.05) is 0 Å². The number of nitrogens with zero attached hydrogens (tertiary/aromatic N) is 3. The van der Waals surface area contributed by atoms with E-state index < -0.39 is 0 Å². The number of aromatic nitrogens is 2. The molecule has 2 atom stereocenters. The van der Waals surface area contributed by atoms with Crippen LogP contribution in [0.1, 0.15) is 38.9 Å². The van der Waals surface area contributed by atoms with Crippen LogP contribution in [0.5, 0.6) is 0 Å². The molecule has 1 aromatic heterocycles. The molecular weight excluding hydrogens is 252 g/mol. The predicted molar refractivity (Wildman–Crippen MR) is 80.0 cm³/mol. The maximum Gasteiger partial charge on any atom is 0.158 e. The van der Waals surface area contributed by atoms with Crippen LogP contribution < -0.4 is 10.2 Å². The second-order valence-electron chi connectivity index (χ2n) is 5.68. The zero-order valence-corrected chi connectivity index (χ0v) is 12.4. The Bertz CT molecular complexity index is 465. The van der Waals surface area contributed by atoms with Gasteiger partial charge in [-0.2, -0.15) is 0 Å². The van der Waals surface area contributed by atoms with Gasteiger partial charge in [0.1, 0.15) is 18.2 Å². The van der Waals surface area contributed by atoms with Crippen molar-refractivity contribution >= 4 is 11.6 Å². The van der Waals surface area contributed by atoms with Gasteiger partial charge in [0.05, 0.1) is 0 Å². The van der Waals surface area contributed by atoms with E-state index in [2.05, 4.69) is 28.2 Å². The molecule has 1 saturated carbocycles. The average Bonchev–Trinajstić information content (AvgIpc) is 3.08. The number of anilines is 2. The van der Waals surface area contributed by atoms with E-state index in [1.807, 2.05) is 6.92 Å². The van der Waals surface area contributed by atoms with Crippen molar-refractivity contribution in [1.29, 1.82) is 0 Å². The second-order valence-corrected chi connectivity index (χ2v) is 5.68. The van der Waals surface area contributed by atoms with Crippen LogP contribution in [0.15, 0.2) is 6.07 Å². The highest BCUT2D eigenvalue weighted by atomic mass is 16.5. The maximum atomic E-state index is 5.46. The summed E-state index contributed by atoms with van der Waals surface area (Å²) in [4.78, 5) is 11.7. The number of hydrogen-bond acceptors (Lipinski definition) is 5. The smallest absolute Gasteiger partial charge is 0.158 e. The molecular formula is C15H24N4O. The Morgan fingerprint density at radius 2 is 2.25 bits per heavy atom. The first-order valence-electron chi connectivity index (χ1n) is 7.76. The number of ether oxygens (including phenoxy) is 1. The van der Waals surface area contributed by atoms with Gasteiger partial charge in [0, 0.05) is 31.8 Å². The summed E-state index contributed by atoms with van der Waals surface area (Å²) in [5.41, 5.74) is 0. The summed E-state index contributed by atoms with van der Waals surface area (Å²) < 4.78 is 5.46. The van der Waals surface area contributed by atoms with Crippen molar-refractivity contribution < 1.29 is 4.74 Å². The Morgan fingerprint density at radius 3 is 2.90 bits per heavy atom. The van der Waals surface area contributed by atoms with Gasteiger partial charge in [-0.25, -0.2) is 9.97 Å². The molecule has 3 rings (SSSR count). The van der Waals surface area contributed by atoms with Crippen molar-refractivity contribution in [3.8, 4) is 0 Å². The molecule has 0 amide bonds. The van der Waals surface area contributed by atoms with Crippen LogP contribution in [0.2, 0.25) is 0 Å². The molecule has 2 heterocycles. The normalized spacial score (nSPS) is 24.4. The van der Waals surface area contributed by atoms with Crippen molar-refractivity contribution in [2.24, 2.45) is 5.92 Å². The molecule has 1 N–H and O–H groups in total. The van der Waals surface area contributed by atoms with Gasteiger partial charge in [-0.05, 0) is 39.0 Å². The van der Waals surface area contributed by atoms with E-state index in [-0.39, 0.29) is 0 Å². The Hall–Kier alpha value is -1.36. The van der Waals surface area contributed by atoms with Crippen molar-refractivity contribution in [3.05, 3.63) is 11.9 Å². The summed E-state index contributed by atoms with van der Waals surface area (Å²) in [6.45, 7) is 7.29. The van der Waals surface area contributed by atoms with E-state index in [0.29, 0.717) is 19.3 Å². The summed E-state index contributed by atoms with van der Waals surface area (Å²) >= 11 is 0. The highest BCUT2D eigenvalue weighted by Crippen LogP contribution is 2.39. The molecule has 1 aromatic rings. The van der Waals surface area contributed by atoms with Crippen LogP contribution in [0, 0.1) is 5.92 Å². The molecule has 2 aliphatic rings. The van der Waals surface area contributed by atoms with Gasteiger partial charge in [-0.3, -0.25) is 0 Å². The molecule has 0 aromatic carbocycles. The predicted octanol–water partition coefficient (Wildman–Crippen LogP) is 2.43. The minimum atomic E-state index is 0.491. The van der Waals surface area contributed by atoms with E-state index in [1.54, 1.807) is 0 Å². The molecule has 0 spiro atoms. The van der Waals surface area contributed by atoms with Crippen LogP contribution in [0.25, 0.3) is 0 Å². The third kappa shape index (κ3) is 2.73. The van der Waals surface area contributed by atoms with Crippen LogP contribution in [-0.4, -0.2) is 35.7 Å². The fourth-order valence-corrected chi connectivity index (χ4v) is 3.37. The lowest BCUT2D eigenvalue weighted by Gasteiger charge is -2.28. The fourth-order valence-electron chi connectivity index (χ4n) is 3.37. The lowest BCUT2D eigenvalue weighted by atomic mass is 10.1. The zero-order chi connectivity index (χ0) is 13.9. The lowest BCUT2D eigenvalue weighted by molar-refractivity contribution is 0.128. The molecule has 2 unspecified atom stereocenters. The average molecular weight is 276 g/mol. The summed E-state index contributed by atoms with van der Waals surface area (Å²) in [5.74, 6) is 3.63. The van der Waals surface area contributed by atoms with E-state index in [4.69, 9.17) is 9.72 Å². The van der Waals surface area contributed by atoms with E-state index >= 15 is 0 Å². The van der Waals surface area contributed by atoms with Gasteiger partial charge < -0.3 is 15.0 Å². The number of rotatable bonds is 6. The molecule has 1 aliphatic carbocycles. The number of fused-ring (bicyclic) bond motifs is 2. The van der Waals surface area contributed by atoms with Gasteiger partial charge in [0.25, 0.3) is 0 Å². The first-order valence-corrected chi connectivity index (χ1v) is 7.76. The molecule has 110 valence electrons. The zero-order valence-electron chi connectivity index (χ0n) is 12.4. The van der Waals surface area contributed by atoms with Crippen LogP contribution in [-0.2, 0) is 11.3 Å². The first kappa shape index (κ1) is 13.6. The van der Waals surface area contributed by atoms with E-state index in [0.717, 1.165) is 36.5 Å². The molecule has 1 aliphatic heterocycles. The Kier molecular flexibility index (Phi) is 4.05. The van der Waals surface area contributed by atoms with E-state index in [1.165, 1.54) is 19.3 Å². The Morgan fingerprint density at radius 1 is 1.35 bits per heavy atom. The Labute approximate surface area is 120 Å². The summed E-state index contributed by atoms with van der Waals surface area (Å²) in [6.07, 6.45) is 4.03. The maximum absolute atomic E-state index is 5.46. The molecule has 2 fully saturated rings. The summed E-state index contributed by atoms with van der Waals surface area (Å²) in [6, 6.07) is 2.77. The van der Waals surface area contributed by atoms with Crippen LogP contribution in [0.4, 0.5) is 11.6 Å². The first-order chi connectivity index (χ1) is 9.80. The van der Waals surface area contributed by atoms with Crippen LogP contribution >= 0.6 is 0 Å². The minimum absolute atomic E-state index is 0.491. The lowest BCUT2D eigenvalue weighted by Crippen LogP contribution is -2.33. The summed E-state index contributed by atoms with van der Waals surface area (Å²) in [5, 5.41) is 3.30. The third-order valence-corrected chi connectivity index (χ3v) is 4.26. The highest BCUT2D eigenvalue weighted by Gasteiger charge is 2.38. The van der Waals surface area contributed by atoms with Crippen molar-refractivity contribution in [3.63, 3.8) is 0 Å². The highest BCUT2D eigenvalue weighted by molar-refractivity contribution is 5.51. The molecule has 1 saturated heterocycles. The van der Waals surface area contributed by atoms with Crippen LogP contribution in [0.3, 0.4) is 0 Å². The number of nitrogens with one attached hydrogen (secondary N) is 1. The van der Waals surface area contributed by atoms with Crippen molar-refractivity contribution in [1.82, 2.24) is 9.97 Å². The van der Waals surface area contributed by atoms with Crippen molar-refractivity contribution in [2.75, 3.05) is 29.9 Å². The van der Waals surface area contributed by atoms with Gasteiger partial charge in [0.15, 0.2) is 5.82 Å². The molecule has 20 heavy (non-hydrogen) atoms. The number of hydrogen-bond donors (Lipinski definition) is 1. The topological polar surface area (TPSA) is 50.3 Å².